The second-order valence-corrected chi connectivity index (χ2v) is 9.49. The van der Waals surface area contributed by atoms with Gasteiger partial charge < -0.3 is 15.0 Å². The second-order valence-electron chi connectivity index (χ2n) is 9.49. The van der Waals surface area contributed by atoms with E-state index in [-0.39, 0.29) is 0 Å². The molecule has 180 valence electrons. The van der Waals surface area contributed by atoms with Gasteiger partial charge in [-0.05, 0) is 71.6 Å². The minimum absolute atomic E-state index is 0.570. The van der Waals surface area contributed by atoms with Gasteiger partial charge in [0.05, 0.1) is 12.6 Å². The summed E-state index contributed by atoms with van der Waals surface area (Å²) in [7, 11) is 0. The monoisotopic (exact) mass is 432 g/mol. The highest BCUT2D eigenvalue weighted by Crippen LogP contribution is 2.25. The van der Waals surface area contributed by atoms with Crippen molar-refractivity contribution in [3.05, 3.63) is 36.7 Å². The Bertz CT molecular complexity index is 499. The zero-order valence-corrected chi connectivity index (χ0v) is 21.0. The molecule has 1 aliphatic rings. The Balaban J connectivity index is 1.88. The van der Waals surface area contributed by atoms with Crippen molar-refractivity contribution in [3.63, 3.8) is 0 Å². The molecule has 3 heteroatoms. The third kappa shape index (κ3) is 14.5. The van der Waals surface area contributed by atoms with Crippen molar-refractivity contribution in [3.8, 4) is 0 Å². The minimum atomic E-state index is 0.570. The first-order valence-electron chi connectivity index (χ1n) is 13.1. The molecule has 0 spiro atoms. The van der Waals surface area contributed by atoms with Gasteiger partial charge in [0.1, 0.15) is 0 Å². The number of likely N-dealkylation sites (tertiary alicyclic amines) is 1. The lowest BCUT2D eigenvalue weighted by atomic mass is 10.0. The van der Waals surface area contributed by atoms with Crippen LogP contribution in [-0.2, 0) is 4.74 Å². The Morgan fingerprint density at radius 1 is 0.871 bits per heavy atom. The average Bonchev–Trinajstić information content (AvgIpc) is 3.21. The van der Waals surface area contributed by atoms with Crippen LogP contribution in [0, 0.1) is 0 Å². The van der Waals surface area contributed by atoms with E-state index in [0.29, 0.717) is 6.04 Å². The zero-order valence-electron chi connectivity index (χ0n) is 21.0. The van der Waals surface area contributed by atoms with Crippen LogP contribution in [-0.4, -0.2) is 37.2 Å². The van der Waals surface area contributed by atoms with E-state index < -0.39 is 0 Å². The fourth-order valence-electron chi connectivity index (χ4n) is 4.46. The molecule has 0 aliphatic carbocycles. The van der Waals surface area contributed by atoms with E-state index >= 15 is 0 Å². The molecule has 1 fully saturated rings. The number of hydrogen-bond donors (Lipinski definition) is 1. The van der Waals surface area contributed by atoms with Crippen LogP contribution < -0.4 is 5.32 Å². The molecule has 0 bridgehead atoms. The van der Waals surface area contributed by atoms with Crippen LogP contribution in [0.5, 0.6) is 0 Å². The van der Waals surface area contributed by atoms with E-state index in [0.717, 1.165) is 39.0 Å². The summed E-state index contributed by atoms with van der Waals surface area (Å²) < 4.78 is 5.65. The number of hydrogen-bond acceptors (Lipinski definition) is 3. The van der Waals surface area contributed by atoms with Crippen LogP contribution in [0.4, 0.5) is 0 Å². The molecule has 1 heterocycles. The number of nitrogens with zero attached hydrogens (tertiary/aromatic N) is 1. The first kappa shape index (κ1) is 27.8. The Hall–Kier alpha value is -1.22. The third-order valence-corrected chi connectivity index (χ3v) is 6.40. The summed E-state index contributed by atoms with van der Waals surface area (Å²) in [5.74, 6) is 0. The molecular weight excluding hydrogens is 380 g/mol. The van der Waals surface area contributed by atoms with Gasteiger partial charge in [-0.25, -0.2) is 0 Å². The lowest BCUT2D eigenvalue weighted by Crippen LogP contribution is -2.32. The first-order valence-corrected chi connectivity index (χ1v) is 13.1. The fraction of sp³-hybridized carbons (Fsp3) is 0.786. The molecule has 1 rings (SSSR count). The summed E-state index contributed by atoms with van der Waals surface area (Å²) in [6, 6.07) is 0.570. The van der Waals surface area contributed by atoms with Gasteiger partial charge >= 0.3 is 0 Å². The molecule has 1 unspecified atom stereocenters. The van der Waals surface area contributed by atoms with E-state index in [4.69, 9.17) is 4.74 Å². The third-order valence-electron chi connectivity index (χ3n) is 6.40. The van der Waals surface area contributed by atoms with Crippen molar-refractivity contribution in [1.29, 1.82) is 0 Å². The lowest BCUT2D eigenvalue weighted by Gasteiger charge is -2.28. The number of nitrogens with one attached hydrogen (secondary N) is 1. The van der Waals surface area contributed by atoms with Crippen LogP contribution in [0.25, 0.3) is 0 Å². The predicted molar refractivity (Wildman–Crippen MR) is 137 cm³/mol. The van der Waals surface area contributed by atoms with Crippen LogP contribution >= 0.6 is 0 Å². The SMILES string of the molecule is C=C(C)CCCCNC(=C)CCCCCCCCCCC(=C)N1CCCC1COCC. The van der Waals surface area contributed by atoms with Crippen molar-refractivity contribution in [2.45, 2.75) is 116 Å². The molecule has 0 saturated carbocycles. The fourth-order valence-corrected chi connectivity index (χ4v) is 4.46. The maximum Gasteiger partial charge on any atom is 0.0669 e. The maximum absolute atomic E-state index is 5.65. The number of rotatable bonds is 21. The summed E-state index contributed by atoms with van der Waals surface area (Å²) >= 11 is 0. The first-order chi connectivity index (χ1) is 15.0. The summed E-state index contributed by atoms with van der Waals surface area (Å²) in [5.41, 5.74) is 3.85. The standard InChI is InChI=1S/C28H52N2O/c1-6-31-24-28-21-17-23-30(28)27(5)20-14-12-10-8-7-9-11-13-19-26(4)29-22-16-15-18-25(2)3/h28-29H,2,4-24H2,1,3H3. The Labute approximate surface area is 194 Å². The van der Waals surface area contributed by atoms with Gasteiger partial charge in [-0.1, -0.05) is 57.3 Å². The van der Waals surface area contributed by atoms with E-state index in [1.807, 2.05) is 0 Å². The minimum Gasteiger partial charge on any atom is -0.389 e. The van der Waals surface area contributed by atoms with E-state index in [1.54, 1.807) is 0 Å². The van der Waals surface area contributed by atoms with Gasteiger partial charge in [0.2, 0.25) is 0 Å². The Morgan fingerprint density at radius 2 is 1.48 bits per heavy atom. The van der Waals surface area contributed by atoms with Crippen LogP contribution in [0.15, 0.2) is 36.7 Å². The molecule has 0 aromatic carbocycles. The number of unbranched alkanes of at least 4 members (excludes halogenated alkanes) is 8. The van der Waals surface area contributed by atoms with Crippen LogP contribution in [0.2, 0.25) is 0 Å². The molecule has 1 aliphatic heterocycles. The molecule has 0 aromatic heterocycles. The van der Waals surface area contributed by atoms with Gasteiger partial charge in [0.15, 0.2) is 0 Å². The van der Waals surface area contributed by atoms with Crippen molar-refractivity contribution >= 4 is 0 Å². The van der Waals surface area contributed by atoms with Crippen LogP contribution in [0.3, 0.4) is 0 Å². The Morgan fingerprint density at radius 3 is 2.13 bits per heavy atom. The highest BCUT2D eigenvalue weighted by molar-refractivity contribution is 5.00. The van der Waals surface area contributed by atoms with Crippen molar-refractivity contribution in [2.75, 3.05) is 26.3 Å². The topological polar surface area (TPSA) is 24.5 Å². The van der Waals surface area contributed by atoms with Gasteiger partial charge in [-0.2, -0.15) is 0 Å². The van der Waals surface area contributed by atoms with Gasteiger partial charge in [0, 0.05) is 31.1 Å². The van der Waals surface area contributed by atoms with E-state index in [9.17, 15) is 0 Å². The smallest absolute Gasteiger partial charge is 0.0669 e. The Kier molecular flexibility index (Phi) is 16.5. The second kappa shape index (κ2) is 18.4. The number of allylic oxidation sites excluding steroid dienone is 3. The quantitative estimate of drug-likeness (QED) is 0.148. The van der Waals surface area contributed by atoms with Crippen molar-refractivity contribution in [2.24, 2.45) is 0 Å². The molecular formula is C28H52N2O. The maximum atomic E-state index is 5.65. The number of ether oxygens (including phenoxy) is 1. The normalized spacial score (nSPS) is 15.9. The highest BCUT2D eigenvalue weighted by atomic mass is 16.5. The lowest BCUT2D eigenvalue weighted by molar-refractivity contribution is 0.0961. The molecule has 0 radical (unpaired) electrons. The summed E-state index contributed by atoms with van der Waals surface area (Å²) in [4.78, 5) is 2.51. The van der Waals surface area contributed by atoms with Gasteiger partial charge in [-0.3, -0.25) is 0 Å². The highest BCUT2D eigenvalue weighted by Gasteiger charge is 2.24. The zero-order chi connectivity index (χ0) is 22.7. The van der Waals surface area contributed by atoms with Crippen molar-refractivity contribution in [1.82, 2.24) is 10.2 Å². The van der Waals surface area contributed by atoms with Crippen LogP contribution in [0.1, 0.15) is 110 Å². The summed E-state index contributed by atoms with van der Waals surface area (Å²) in [6.45, 7) is 20.6. The molecule has 31 heavy (non-hydrogen) atoms. The summed E-state index contributed by atoms with van der Waals surface area (Å²) in [6.07, 6.45) is 19.2. The van der Waals surface area contributed by atoms with Crippen molar-refractivity contribution < 1.29 is 4.74 Å². The molecule has 1 saturated heterocycles. The molecule has 0 aromatic rings. The predicted octanol–water partition coefficient (Wildman–Crippen LogP) is 7.75. The van der Waals surface area contributed by atoms with Gasteiger partial charge in [0.25, 0.3) is 0 Å². The average molecular weight is 433 g/mol. The molecule has 1 atom stereocenters. The molecule has 3 nitrogen and oxygen atoms in total. The van der Waals surface area contributed by atoms with Gasteiger partial charge in [-0.15, -0.1) is 6.58 Å². The molecule has 1 N–H and O–H groups in total. The largest absolute Gasteiger partial charge is 0.389 e. The molecule has 0 amide bonds. The summed E-state index contributed by atoms with van der Waals surface area (Å²) in [5, 5.41) is 3.48. The van der Waals surface area contributed by atoms with E-state index in [1.165, 1.54) is 101 Å². The van der Waals surface area contributed by atoms with E-state index in [2.05, 4.69) is 43.8 Å².